The lowest BCUT2D eigenvalue weighted by Crippen LogP contribution is -2.39. The van der Waals surface area contributed by atoms with Crippen molar-refractivity contribution < 1.29 is 14.0 Å². The lowest BCUT2D eigenvalue weighted by Gasteiger charge is -2.12. The van der Waals surface area contributed by atoms with Crippen LogP contribution in [0.5, 0.6) is 0 Å². The van der Waals surface area contributed by atoms with Gasteiger partial charge in [0.15, 0.2) is 0 Å². The first-order valence-corrected chi connectivity index (χ1v) is 8.71. The van der Waals surface area contributed by atoms with Gasteiger partial charge in [0, 0.05) is 24.6 Å². The third-order valence-electron chi connectivity index (χ3n) is 3.96. The van der Waals surface area contributed by atoms with Crippen LogP contribution in [0.15, 0.2) is 67.0 Å². The third-order valence-corrected chi connectivity index (χ3v) is 3.96. The number of aromatic nitrogens is 2. The molecule has 3 rings (SSSR count). The van der Waals surface area contributed by atoms with Crippen LogP contribution in [-0.2, 0) is 17.9 Å². The van der Waals surface area contributed by atoms with Crippen molar-refractivity contribution in [3.05, 3.63) is 83.9 Å². The Morgan fingerprint density at radius 1 is 1.00 bits per heavy atom. The van der Waals surface area contributed by atoms with Crippen molar-refractivity contribution in [2.24, 2.45) is 0 Å². The maximum Gasteiger partial charge on any atom is 0.315 e. The van der Waals surface area contributed by atoms with Gasteiger partial charge in [0.25, 0.3) is 0 Å². The van der Waals surface area contributed by atoms with Crippen LogP contribution in [0.25, 0.3) is 0 Å². The number of carbonyl (C=O) groups excluding carboxylic acids is 2. The average Bonchev–Trinajstić information content (AvgIpc) is 3.20. The average molecular weight is 381 g/mol. The number of hydrogen-bond acceptors (Lipinski definition) is 3. The van der Waals surface area contributed by atoms with Crippen LogP contribution in [-0.4, -0.2) is 28.3 Å². The van der Waals surface area contributed by atoms with Gasteiger partial charge in [0.05, 0.1) is 13.1 Å². The molecule has 3 N–H and O–H groups in total. The number of nitrogens with zero attached hydrogens (tertiary/aromatic N) is 2. The number of urea groups is 1. The van der Waals surface area contributed by atoms with E-state index in [4.69, 9.17) is 0 Å². The molecule has 144 valence electrons. The standard InChI is InChI=1S/C20H20FN5O2/c21-17-8-6-15(7-9-17)12-22-20(28)23-13-19(27)25-18-5-2-1-4-16(18)14-26-11-3-10-24-26/h1-11H,12-14H2,(H,25,27)(H2,22,23,28). The molecule has 0 unspecified atom stereocenters. The van der Waals surface area contributed by atoms with Gasteiger partial charge in [-0.1, -0.05) is 30.3 Å². The molecule has 3 aromatic rings. The van der Waals surface area contributed by atoms with Gasteiger partial charge in [0.1, 0.15) is 5.82 Å². The largest absolute Gasteiger partial charge is 0.334 e. The number of rotatable bonds is 7. The summed E-state index contributed by atoms with van der Waals surface area (Å²) in [6.07, 6.45) is 3.53. The van der Waals surface area contributed by atoms with Crippen LogP contribution in [0.2, 0.25) is 0 Å². The Morgan fingerprint density at radius 2 is 1.79 bits per heavy atom. The van der Waals surface area contributed by atoms with E-state index in [1.165, 1.54) is 12.1 Å². The number of anilines is 1. The van der Waals surface area contributed by atoms with Gasteiger partial charge in [-0.25, -0.2) is 9.18 Å². The summed E-state index contributed by atoms with van der Waals surface area (Å²) >= 11 is 0. The molecule has 7 nitrogen and oxygen atoms in total. The van der Waals surface area contributed by atoms with Crippen LogP contribution < -0.4 is 16.0 Å². The van der Waals surface area contributed by atoms with Crippen molar-refractivity contribution in [1.82, 2.24) is 20.4 Å². The number of carbonyl (C=O) groups is 2. The van der Waals surface area contributed by atoms with Crippen LogP contribution in [0.3, 0.4) is 0 Å². The van der Waals surface area contributed by atoms with E-state index in [2.05, 4.69) is 21.0 Å². The van der Waals surface area contributed by atoms with Gasteiger partial charge in [-0.05, 0) is 35.4 Å². The number of halogens is 1. The van der Waals surface area contributed by atoms with Crippen molar-refractivity contribution in [3.8, 4) is 0 Å². The molecule has 3 amide bonds. The normalized spacial score (nSPS) is 10.3. The molecule has 1 aromatic heterocycles. The zero-order valence-corrected chi connectivity index (χ0v) is 15.1. The Hall–Kier alpha value is -3.68. The summed E-state index contributed by atoms with van der Waals surface area (Å²) in [5.41, 5.74) is 2.32. The van der Waals surface area contributed by atoms with Crippen LogP contribution in [0.1, 0.15) is 11.1 Å². The molecule has 0 bridgehead atoms. The van der Waals surface area contributed by atoms with Crippen molar-refractivity contribution in [2.45, 2.75) is 13.1 Å². The van der Waals surface area contributed by atoms with Crippen molar-refractivity contribution in [2.75, 3.05) is 11.9 Å². The highest BCUT2D eigenvalue weighted by Crippen LogP contribution is 2.16. The van der Waals surface area contributed by atoms with Crippen LogP contribution in [0, 0.1) is 5.82 Å². The van der Waals surface area contributed by atoms with Crippen molar-refractivity contribution in [3.63, 3.8) is 0 Å². The molecular weight excluding hydrogens is 361 g/mol. The topological polar surface area (TPSA) is 88.0 Å². The zero-order chi connectivity index (χ0) is 19.8. The molecule has 0 saturated heterocycles. The molecule has 0 saturated carbocycles. The monoisotopic (exact) mass is 381 g/mol. The minimum absolute atomic E-state index is 0.175. The molecule has 0 aliphatic heterocycles. The summed E-state index contributed by atoms with van der Waals surface area (Å²) in [6, 6.07) is 14.6. The molecule has 0 aliphatic carbocycles. The molecule has 0 radical (unpaired) electrons. The molecule has 0 spiro atoms. The number of nitrogens with one attached hydrogen (secondary N) is 3. The van der Waals surface area contributed by atoms with E-state index in [-0.39, 0.29) is 24.8 Å². The highest BCUT2D eigenvalue weighted by molar-refractivity contribution is 5.94. The van der Waals surface area contributed by atoms with Gasteiger partial charge in [0.2, 0.25) is 5.91 Å². The summed E-state index contributed by atoms with van der Waals surface area (Å²) < 4.78 is 14.6. The predicted octanol–water partition coefficient (Wildman–Crippen LogP) is 2.51. The van der Waals surface area contributed by atoms with Crippen molar-refractivity contribution >= 4 is 17.6 Å². The first-order chi connectivity index (χ1) is 13.6. The summed E-state index contributed by atoms with van der Waals surface area (Å²) in [6.45, 7) is 0.584. The van der Waals surface area contributed by atoms with E-state index in [0.717, 1.165) is 11.1 Å². The first-order valence-electron chi connectivity index (χ1n) is 8.71. The molecule has 2 aromatic carbocycles. The Kier molecular flexibility index (Phi) is 6.35. The van der Waals surface area contributed by atoms with Crippen LogP contribution in [0.4, 0.5) is 14.9 Å². The Balaban J connectivity index is 1.46. The highest BCUT2D eigenvalue weighted by atomic mass is 19.1. The quantitative estimate of drug-likeness (QED) is 0.588. The number of amides is 3. The highest BCUT2D eigenvalue weighted by Gasteiger charge is 2.09. The SMILES string of the molecule is O=C(CNC(=O)NCc1ccc(F)cc1)Nc1ccccc1Cn1cccn1. The van der Waals surface area contributed by atoms with Gasteiger partial charge < -0.3 is 16.0 Å². The molecule has 8 heteroatoms. The minimum Gasteiger partial charge on any atom is -0.334 e. The fraction of sp³-hybridized carbons (Fsp3) is 0.150. The van der Waals surface area contributed by atoms with E-state index in [1.807, 2.05) is 30.5 Å². The minimum atomic E-state index is -0.482. The Labute approximate surface area is 161 Å². The van der Waals surface area contributed by atoms with E-state index >= 15 is 0 Å². The Morgan fingerprint density at radius 3 is 2.54 bits per heavy atom. The first kappa shape index (κ1) is 19.1. The molecule has 28 heavy (non-hydrogen) atoms. The lowest BCUT2D eigenvalue weighted by atomic mass is 10.1. The summed E-state index contributed by atoms with van der Waals surface area (Å²) in [5.74, 6) is -0.678. The molecule has 0 aliphatic rings. The van der Waals surface area contributed by atoms with E-state index in [1.54, 1.807) is 29.1 Å². The fourth-order valence-electron chi connectivity index (χ4n) is 2.55. The number of para-hydroxylation sites is 1. The molecule has 0 atom stereocenters. The molecule has 0 fully saturated rings. The van der Waals surface area contributed by atoms with Gasteiger partial charge in [-0.3, -0.25) is 9.48 Å². The summed E-state index contributed by atoms with van der Waals surface area (Å²) in [5, 5.41) is 12.1. The van der Waals surface area contributed by atoms with Gasteiger partial charge in [-0.2, -0.15) is 5.10 Å². The van der Waals surface area contributed by atoms with E-state index in [0.29, 0.717) is 12.2 Å². The smallest absolute Gasteiger partial charge is 0.315 e. The second-order valence-corrected chi connectivity index (χ2v) is 6.07. The van der Waals surface area contributed by atoms with Crippen LogP contribution >= 0.6 is 0 Å². The summed E-state index contributed by atoms with van der Waals surface area (Å²) in [7, 11) is 0. The maximum absolute atomic E-state index is 12.9. The molecule has 1 heterocycles. The lowest BCUT2D eigenvalue weighted by molar-refractivity contribution is -0.115. The molecular formula is C20H20FN5O2. The third kappa shape index (κ3) is 5.66. The Bertz CT molecular complexity index is 926. The summed E-state index contributed by atoms with van der Waals surface area (Å²) in [4.78, 5) is 24.0. The maximum atomic E-state index is 12.9. The zero-order valence-electron chi connectivity index (χ0n) is 15.1. The van der Waals surface area contributed by atoms with Gasteiger partial charge in [-0.15, -0.1) is 0 Å². The van der Waals surface area contributed by atoms with E-state index in [9.17, 15) is 14.0 Å². The predicted molar refractivity (Wildman–Crippen MR) is 103 cm³/mol. The number of hydrogen-bond donors (Lipinski definition) is 3. The second kappa shape index (κ2) is 9.31. The van der Waals surface area contributed by atoms with Crippen molar-refractivity contribution in [1.29, 1.82) is 0 Å². The van der Waals surface area contributed by atoms with E-state index < -0.39 is 6.03 Å². The van der Waals surface area contributed by atoms with Gasteiger partial charge >= 0.3 is 6.03 Å². The number of benzene rings is 2. The second-order valence-electron chi connectivity index (χ2n) is 6.07. The fourth-order valence-corrected chi connectivity index (χ4v) is 2.55.